The number of ether oxygens (including phenoxy) is 2. The van der Waals surface area contributed by atoms with E-state index in [9.17, 15) is 14.0 Å². The topological polar surface area (TPSA) is 81.6 Å². The van der Waals surface area contributed by atoms with Crippen molar-refractivity contribution in [3.63, 3.8) is 0 Å². The first kappa shape index (κ1) is 23.3. The van der Waals surface area contributed by atoms with E-state index in [-0.39, 0.29) is 11.7 Å². The smallest absolute Gasteiger partial charge is 0.412 e. The summed E-state index contributed by atoms with van der Waals surface area (Å²) in [4.78, 5) is 24.6. The van der Waals surface area contributed by atoms with Gasteiger partial charge in [0.05, 0.1) is 10.2 Å². The summed E-state index contributed by atoms with van der Waals surface area (Å²) in [6.07, 6.45) is 1.02. The normalized spacial score (nSPS) is 11.1. The molecule has 0 aliphatic rings. The van der Waals surface area contributed by atoms with Crippen LogP contribution < -0.4 is 15.4 Å². The Morgan fingerprint density at radius 2 is 1.62 bits per heavy atom. The number of anilines is 2. The molecule has 0 spiro atoms. The molecule has 2 aromatic carbocycles. The first-order valence-corrected chi connectivity index (χ1v) is 10.5. The second-order valence-corrected chi connectivity index (χ2v) is 8.86. The molecule has 0 aliphatic heterocycles. The molecule has 0 unspecified atom stereocenters. The van der Waals surface area contributed by atoms with E-state index in [0.29, 0.717) is 33.0 Å². The molecule has 3 rings (SSSR count). The highest BCUT2D eigenvalue weighted by Gasteiger charge is 2.18. The average molecular weight is 504 g/mol. The van der Waals surface area contributed by atoms with E-state index in [0.717, 1.165) is 0 Å². The van der Waals surface area contributed by atoms with Gasteiger partial charge in [0.15, 0.2) is 0 Å². The van der Waals surface area contributed by atoms with Crippen molar-refractivity contribution in [3.8, 4) is 11.5 Å². The van der Waals surface area contributed by atoms with E-state index < -0.39 is 11.7 Å². The van der Waals surface area contributed by atoms with Crippen LogP contribution in [0.2, 0.25) is 0 Å². The van der Waals surface area contributed by atoms with E-state index in [4.69, 9.17) is 9.47 Å². The fourth-order valence-electron chi connectivity index (χ4n) is 2.76. The number of hydrogen-bond acceptors (Lipinski definition) is 4. The van der Waals surface area contributed by atoms with Crippen LogP contribution in [0.15, 0.2) is 59.2 Å². The number of benzene rings is 2. The molecule has 0 radical (unpaired) electrons. The van der Waals surface area contributed by atoms with Gasteiger partial charge in [0, 0.05) is 18.9 Å². The third-order valence-corrected chi connectivity index (χ3v) is 4.73. The Morgan fingerprint density at radius 3 is 2.25 bits per heavy atom. The van der Waals surface area contributed by atoms with Crippen LogP contribution in [0.4, 0.5) is 20.6 Å². The van der Waals surface area contributed by atoms with Gasteiger partial charge in [-0.05, 0) is 85.2 Å². The standard InChI is InChI=1S/C23H23BrFN3O4/c1-23(2,3)32-22(30)27-15-11-20(28(4)13-15)21(29)26-14-5-7-16(8-6-14)31-17-9-10-19(25)18(24)12-17/h5-13H,1-4H3,(H,26,29)(H,27,30). The lowest BCUT2D eigenvalue weighted by Gasteiger charge is -2.19. The van der Waals surface area contributed by atoms with Crippen LogP contribution >= 0.6 is 15.9 Å². The zero-order chi connectivity index (χ0) is 23.5. The van der Waals surface area contributed by atoms with Gasteiger partial charge in [-0.25, -0.2) is 9.18 Å². The molecule has 168 valence electrons. The summed E-state index contributed by atoms with van der Waals surface area (Å²) < 4.78 is 26.2. The van der Waals surface area contributed by atoms with Gasteiger partial charge in [-0.3, -0.25) is 10.1 Å². The lowest BCUT2D eigenvalue weighted by atomic mass is 10.2. The monoisotopic (exact) mass is 503 g/mol. The summed E-state index contributed by atoms with van der Waals surface area (Å²) in [5.74, 6) is 0.287. The fraction of sp³-hybridized carbons (Fsp3) is 0.217. The number of aryl methyl sites for hydroxylation is 1. The first-order chi connectivity index (χ1) is 15.0. The van der Waals surface area contributed by atoms with Crippen molar-refractivity contribution < 1.29 is 23.5 Å². The second-order valence-electron chi connectivity index (χ2n) is 8.01. The van der Waals surface area contributed by atoms with Crippen LogP contribution in [0.1, 0.15) is 31.3 Å². The summed E-state index contributed by atoms with van der Waals surface area (Å²) in [6.45, 7) is 5.31. The Labute approximate surface area is 193 Å². The predicted molar refractivity (Wildman–Crippen MR) is 124 cm³/mol. The Balaban J connectivity index is 1.62. The quantitative estimate of drug-likeness (QED) is 0.426. The maximum Gasteiger partial charge on any atom is 0.412 e. The van der Waals surface area contributed by atoms with Gasteiger partial charge in [-0.1, -0.05) is 0 Å². The van der Waals surface area contributed by atoms with Crippen molar-refractivity contribution in [3.05, 3.63) is 70.7 Å². The maximum absolute atomic E-state index is 13.3. The molecular formula is C23H23BrFN3O4. The second kappa shape index (κ2) is 9.44. The van der Waals surface area contributed by atoms with E-state index in [2.05, 4.69) is 26.6 Å². The van der Waals surface area contributed by atoms with E-state index in [1.165, 1.54) is 18.2 Å². The molecule has 7 nitrogen and oxygen atoms in total. The van der Waals surface area contributed by atoms with E-state index in [1.54, 1.807) is 68.9 Å². The number of nitrogens with zero attached hydrogens (tertiary/aromatic N) is 1. The number of amides is 2. The van der Waals surface area contributed by atoms with Crippen molar-refractivity contribution in [2.45, 2.75) is 26.4 Å². The summed E-state index contributed by atoms with van der Waals surface area (Å²) in [6, 6.07) is 12.7. The Kier molecular flexibility index (Phi) is 6.88. The zero-order valence-electron chi connectivity index (χ0n) is 18.0. The van der Waals surface area contributed by atoms with Crippen LogP contribution in [0.3, 0.4) is 0 Å². The summed E-state index contributed by atoms with van der Waals surface area (Å²) in [5, 5.41) is 5.41. The molecule has 0 bridgehead atoms. The molecule has 32 heavy (non-hydrogen) atoms. The molecule has 2 N–H and O–H groups in total. The molecule has 9 heteroatoms. The number of nitrogens with one attached hydrogen (secondary N) is 2. The van der Waals surface area contributed by atoms with Gasteiger partial charge >= 0.3 is 6.09 Å². The highest BCUT2D eigenvalue weighted by atomic mass is 79.9. The summed E-state index contributed by atoms with van der Waals surface area (Å²) in [7, 11) is 1.70. The number of hydrogen-bond donors (Lipinski definition) is 2. The van der Waals surface area contributed by atoms with Gasteiger partial charge in [-0.15, -0.1) is 0 Å². The number of carbonyl (C=O) groups is 2. The van der Waals surface area contributed by atoms with Crippen LogP contribution in [0, 0.1) is 5.82 Å². The van der Waals surface area contributed by atoms with Crippen molar-refractivity contribution in [2.24, 2.45) is 7.05 Å². The van der Waals surface area contributed by atoms with Crippen LogP contribution in [0.5, 0.6) is 11.5 Å². The molecule has 0 atom stereocenters. The van der Waals surface area contributed by atoms with Crippen molar-refractivity contribution >= 4 is 39.3 Å². The summed E-state index contributed by atoms with van der Waals surface area (Å²) in [5.41, 5.74) is 0.737. The third-order valence-electron chi connectivity index (χ3n) is 4.12. The predicted octanol–water partition coefficient (Wildman–Crippen LogP) is 6.32. The SMILES string of the molecule is Cn1cc(NC(=O)OC(C)(C)C)cc1C(=O)Nc1ccc(Oc2ccc(F)c(Br)c2)cc1. The first-order valence-electron chi connectivity index (χ1n) is 9.71. The molecular weight excluding hydrogens is 481 g/mol. The average Bonchev–Trinajstić information content (AvgIpc) is 3.05. The van der Waals surface area contributed by atoms with Crippen LogP contribution in [-0.2, 0) is 11.8 Å². The maximum atomic E-state index is 13.3. The number of rotatable bonds is 5. The molecule has 0 saturated heterocycles. The van der Waals surface area contributed by atoms with Crippen molar-refractivity contribution in [1.29, 1.82) is 0 Å². The van der Waals surface area contributed by atoms with Crippen LogP contribution in [0.25, 0.3) is 0 Å². The molecule has 0 fully saturated rings. The fourth-order valence-corrected chi connectivity index (χ4v) is 3.12. The minimum atomic E-state index is -0.623. The zero-order valence-corrected chi connectivity index (χ0v) is 19.6. The van der Waals surface area contributed by atoms with Crippen LogP contribution in [-0.4, -0.2) is 22.2 Å². The molecule has 3 aromatic rings. The Bertz CT molecular complexity index is 1140. The lowest BCUT2D eigenvalue weighted by Crippen LogP contribution is -2.27. The number of aromatic nitrogens is 1. The van der Waals surface area contributed by atoms with Gasteiger partial charge in [-0.2, -0.15) is 0 Å². The summed E-state index contributed by atoms with van der Waals surface area (Å²) >= 11 is 3.12. The largest absolute Gasteiger partial charge is 0.457 e. The van der Waals surface area contributed by atoms with Crippen molar-refractivity contribution in [1.82, 2.24) is 4.57 Å². The minimum absolute atomic E-state index is 0.307. The van der Waals surface area contributed by atoms with Gasteiger partial charge in [0.1, 0.15) is 28.6 Å². The van der Waals surface area contributed by atoms with E-state index in [1.807, 2.05) is 0 Å². The van der Waals surface area contributed by atoms with Gasteiger partial charge < -0.3 is 19.4 Å². The van der Waals surface area contributed by atoms with Gasteiger partial charge in [0.25, 0.3) is 5.91 Å². The number of halogens is 2. The van der Waals surface area contributed by atoms with E-state index >= 15 is 0 Å². The van der Waals surface area contributed by atoms with Crippen molar-refractivity contribution in [2.75, 3.05) is 10.6 Å². The molecule has 0 saturated carbocycles. The Morgan fingerprint density at radius 1 is 0.969 bits per heavy atom. The lowest BCUT2D eigenvalue weighted by molar-refractivity contribution is 0.0635. The minimum Gasteiger partial charge on any atom is -0.457 e. The molecule has 1 heterocycles. The molecule has 0 aliphatic carbocycles. The highest BCUT2D eigenvalue weighted by Crippen LogP contribution is 2.27. The Hall–Kier alpha value is -3.33. The molecule has 1 aromatic heterocycles. The highest BCUT2D eigenvalue weighted by molar-refractivity contribution is 9.10. The molecule has 2 amide bonds. The third kappa shape index (κ3) is 6.34. The van der Waals surface area contributed by atoms with Gasteiger partial charge in [0.2, 0.25) is 0 Å². The number of carbonyl (C=O) groups excluding carboxylic acids is 2.